The van der Waals surface area contributed by atoms with Gasteiger partial charge in [-0.05, 0) is 38.0 Å². The Morgan fingerprint density at radius 1 is 1.36 bits per heavy atom. The molecule has 0 bridgehead atoms. The van der Waals surface area contributed by atoms with Gasteiger partial charge in [0.2, 0.25) is 0 Å². The van der Waals surface area contributed by atoms with E-state index in [0.717, 1.165) is 43.9 Å². The second-order valence-electron chi connectivity index (χ2n) is 6.36. The average Bonchev–Trinajstić information content (AvgIpc) is 3.13. The average molecular weight is 368 g/mol. The lowest BCUT2D eigenvalue weighted by Gasteiger charge is -2.31. The smallest absolute Gasteiger partial charge is 0.321 e. The third kappa shape index (κ3) is 4.77. The van der Waals surface area contributed by atoms with Crippen LogP contribution in [0.4, 0.5) is 16.2 Å². The lowest BCUT2D eigenvalue weighted by Crippen LogP contribution is -2.41. The number of urea groups is 1. The Hall–Kier alpha value is -1.50. The highest BCUT2D eigenvalue weighted by atomic mass is 35.5. The summed E-state index contributed by atoms with van der Waals surface area (Å²) in [6.07, 6.45) is 2.23. The fourth-order valence-corrected chi connectivity index (χ4v) is 3.44. The van der Waals surface area contributed by atoms with Gasteiger partial charge in [0.05, 0.1) is 30.7 Å². The van der Waals surface area contributed by atoms with E-state index in [0.29, 0.717) is 31.3 Å². The third-order valence-electron chi connectivity index (χ3n) is 4.67. The number of rotatable bonds is 5. The second-order valence-corrected chi connectivity index (χ2v) is 6.80. The van der Waals surface area contributed by atoms with Crippen LogP contribution in [0.2, 0.25) is 5.02 Å². The zero-order chi connectivity index (χ0) is 17.6. The number of morpholine rings is 1. The van der Waals surface area contributed by atoms with Crippen LogP contribution >= 0.6 is 11.6 Å². The van der Waals surface area contributed by atoms with Gasteiger partial charge in [0.1, 0.15) is 0 Å². The summed E-state index contributed by atoms with van der Waals surface area (Å²) in [4.78, 5) is 16.8. The van der Waals surface area contributed by atoms with E-state index in [1.165, 1.54) is 0 Å². The number of carbonyl (C=O) groups is 1. The number of halogens is 1. The van der Waals surface area contributed by atoms with E-state index in [9.17, 15) is 4.79 Å². The number of carbonyl (C=O) groups excluding carboxylic acids is 1. The van der Waals surface area contributed by atoms with Crippen LogP contribution in [-0.2, 0) is 9.47 Å². The molecule has 2 fully saturated rings. The Morgan fingerprint density at radius 2 is 2.16 bits per heavy atom. The van der Waals surface area contributed by atoms with Crippen molar-refractivity contribution in [1.82, 2.24) is 4.90 Å². The van der Waals surface area contributed by atoms with Crippen molar-refractivity contribution in [2.45, 2.75) is 25.9 Å². The van der Waals surface area contributed by atoms with Crippen molar-refractivity contribution in [1.29, 1.82) is 0 Å². The molecule has 1 N–H and O–H groups in total. The molecule has 1 unspecified atom stereocenters. The molecule has 6 nitrogen and oxygen atoms in total. The van der Waals surface area contributed by atoms with E-state index in [1.807, 2.05) is 25.1 Å². The molecule has 0 saturated carbocycles. The summed E-state index contributed by atoms with van der Waals surface area (Å²) >= 11 is 6.16. The highest BCUT2D eigenvalue weighted by Crippen LogP contribution is 2.30. The minimum Gasteiger partial charge on any atom is -0.378 e. The quantitative estimate of drug-likeness (QED) is 0.868. The van der Waals surface area contributed by atoms with Crippen molar-refractivity contribution >= 4 is 29.0 Å². The standard InChI is InChI=1S/C18H26ClN3O3/c1-2-21(13-15-4-3-9-25-15)18(23)20-16-12-14(19)5-6-17(16)22-7-10-24-11-8-22/h5-6,12,15H,2-4,7-11,13H2,1H3,(H,20,23). The van der Waals surface area contributed by atoms with Gasteiger partial charge in [0.15, 0.2) is 0 Å². The SMILES string of the molecule is CCN(CC1CCCO1)C(=O)Nc1cc(Cl)ccc1N1CCOCC1. The molecule has 2 aliphatic heterocycles. The van der Waals surface area contributed by atoms with Gasteiger partial charge in [0.25, 0.3) is 0 Å². The molecule has 0 radical (unpaired) electrons. The molecule has 3 rings (SSSR count). The summed E-state index contributed by atoms with van der Waals surface area (Å²) in [6.45, 7) is 7.02. The summed E-state index contributed by atoms with van der Waals surface area (Å²) in [6, 6.07) is 5.50. The number of nitrogens with zero attached hydrogens (tertiary/aromatic N) is 2. The van der Waals surface area contributed by atoms with Gasteiger partial charge < -0.3 is 24.6 Å². The van der Waals surface area contributed by atoms with Gasteiger partial charge in [-0.1, -0.05) is 11.6 Å². The molecule has 25 heavy (non-hydrogen) atoms. The lowest BCUT2D eigenvalue weighted by molar-refractivity contribution is 0.0849. The number of likely N-dealkylation sites (N-methyl/N-ethyl adjacent to an activating group) is 1. The minimum absolute atomic E-state index is 0.116. The summed E-state index contributed by atoms with van der Waals surface area (Å²) < 4.78 is 11.1. The summed E-state index contributed by atoms with van der Waals surface area (Å²) in [5.74, 6) is 0. The van der Waals surface area contributed by atoms with Crippen LogP contribution < -0.4 is 10.2 Å². The normalized spacial score (nSPS) is 20.6. The Balaban J connectivity index is 1.71. The second kappa shape index (κ2) is 8.74. The molecule has 138 valence electrons. The fourth-order valence-electron chi connectivity index (χ4n) is 3.27. The molecule has 7 heteroatoms. The first-order valence-electron chi connectivity index (χ1n) is 8.97. The van der Waals surface area contributed by atoms with E-state index in [-0.39, 0.29) is 12.1 Å². The topological polar surface area (TPSA) is 54.0 Å². The van der Waals surface area contributed by atoms with Crippen molar-refractivity contribution in [2.24, 2.45) is 0 Å². The fraction of sp³-hybridized carbons (Fsp3) is 0.611. The van der Waals surface area contributed by atoms with Gasteiger partial charge in [-0.2, -0.15) is 0 Å². The van der Waals surface area contributed by atoms with E-state index >= 15 is 0 Å². The molecule has 2 saturated heterocycles. The number of anilines is 2. The number of amides is 2. The van der Waals surface area contributed by atoms with Crippen LogP contribution in [0.25, 0.3) is 0 Å². The van der Waals surface area contributed by atoms with Crippen LogP contribution in [0.3, 0.4) is 0 Å². The summed E-state index contributed by atoms with van der Waals surface area (Å²) in [5.41, 5.74) is 1.72. The van der Waals surface area contributed by atoms with Gasteiger partial charge in [0, 0.05) is 37.8 Å². The van der Waals surface area contributed by atoms with E-state index in [4.69, 9.17) is 21.1 Å². The molecule has 0 aromatic heterocycles. The number of ether oxygens (including phenoxy) is 2. The Bertz CT molecular complexity index is 587. The molecule has 2 heterocycles. The lowest BCUT2D eigenvalue weighted by atomic mass is 10.2. The van der Waals surface area contributed by atoms with Crippen molar-refractivity contribution in [3.63, 3.8) is 0 Å². The van der Waals surface area contributed by atoms with Gasteiger partial charge in [-0.25, -0.2) is 4.79 Å². The highest BCUT2D eigenvalue weighted by Gasteiger charge is 2.23. The molecule has 1 aromatic rings. The van der Waals surface area contributed by atoms with Crippen LogP contribution in [0.5, 0.6) is 0 Å². The summed E-state index contributed by atoms with van der Waals surface area (Å²) in [5, 5.41) is 3.64. The predicted octanol–water partition coefficient (Wildman–Crippen LogP) is 3.21. The van der Waals surface area contributed by atoms with E-state index in [2.05, 4.69) is 10.2 Å². The zero-order valence-electron chi connectivity index (χ0n) is 14.7. The van der Waals surface area contributed by atoms with Crippen LogP contribution in [0.1, 0.15) is 19.8 Å². The van der Waals surface area contributed by atoms with Crippen LogP contribution in [0, 0.1) is 0 Å². The number of hydrogen-bond acceptors (Lipinski definition) is 4. The van der Waals surface area contributed by atoms with Crippen molar-refractivity contribution in [3.8, 4) is 0 Å². The first-order valence-corrected chi connectivity index (χ1v) is 9.35. The maximum Gasteiger partial charge on any atom is 0.321 e. The first-order chi connectivity index (χ1) is 12.2. The summed E-state index contributed by atoms with van der Waals surface area (Å²) in [7, 11) is 0. The maximum absolute atomic E-state index is 12.8. The molecule has 2 aliphatic rings. The predicted molar refractivity (Wildman–Crippen MR) is 99.7 cm³/mol. The monoisotopic (exact) mass is 367 g/mol. The Labute approximate surface area is 154 Å². The van der Waals surface area contributed by atoms with Gasteiger partial charge in [-0.15, -0.1) is 0 Å². The van der Waals surface area contributed by atoms with Gasteiger partial charge in [-0.3, -0.25) is 0 Å². The van der Waals surface area contributed by atoms with E-state index in [1.54, 1.807) is 4.90 Å². The van der Waals surface area contributed by atoms with Crippen LogP contribution in [0.15, 0.2) is 18.2 Å². The largest absolute Gasteiger partial charge is 0.378 e. The molecular formula is C18H26ClN3O3. The molecule has 1 aromatic carbocycles. The Morgan fingerprint density at radius 3 is 2.84 bits per heavy atom. The molecule has 1 atom stereocenters. The van der Waals surface area contributed by atoms with Crippen molar-refractivity contribution < 1.29 is 14.3 Å². The minimum atomic E-state index is -0.116. The maximum atomic E-state index is 12.8. The third-order valence-corrected chi connectivity index (χ3v) is 4.90. The number of nitrogens with one attached hydrogen (secondary N) is 1. The Kier molecular flexibility index (Phi) is 6.39. The number of hydrogen-bond donors (Lipinski definition) is 1. The molecule has 0 spiro atoms. The highest BCUT2D eigenvalue weighted by molar-refractivity contribution is 6.31. The van der Waals surface area contributed by atoms with Crippen molar-refractivity contribution in [2.75, 3.05) is 56.2 Å². The van der Waals surface area contributed by atoms with Crippen LogP contribution in [-0.4, -0.2) is 63.0 Å². The van der Waals surface area contributed by atoms with Crippen molar-refractivity contribution in [3.05, 3.63) is 23.2 Å². The molecule has 0 aliphatic carbocycles. The van der Waals surface area contributed by atoms with Gasteiger partial charge >= 0.3 is 6.03 Å². The zero-order valence-corrected chi connectivity index (χ0v) is 15.4. The number of benzene rings is 1. The molecular weight excluding hydrogens is 342 g/mol. The first kappa shape index (κ1) is 18.3. The molecule has 2 amide bonds. The van der Waals surface area contributed by atoms with E-state index < -0.39 is 0 Å².